The first kappa shape index (κ1) is 20.9. The number of nitrogens with one attached hydrogen (secondary N) is 1. The highest BCUT2D eigenvalue weighted by atomic mass is 19.4. The minimum atomic E-state index is -4.91. The van der Waals surface area contributed by atoms with E-state index in [-0.39, 0.29) is 23.7 Å². The van der Waals surface area contributed by atoms with Crippen LogP contribution in [0.25, 0.3) is 0 Å². The molecule has 0 aliphatic carbocycles. The zero-order valence-corrected chi connectivity index (χ0v) is 15.2. The highest BCUT2D eigenvalue weighted by molar-refractivity contribution is 5.98. The van der Waals surface area contributed by atoms with Gasteiger partial charge in [0.25, 0.3) is 5.91 Å². The van der Waals surface area contributed by atoms with Crippen LogP contribution >= 0.6 is 0 Å². The predicted octanol–water partition coefficient (Wildman–Crippen LogP) is 4.42. The van der Waals surface area contributed by atoms with Crippen LogP contribution in [0.4, 0.5) is 23.4 Å². The summed E-state index contributed by atoms with van der Waals surface area (Å²) in [5.41, 5.74) is 6.48. The van der Waals surface area contributed by atoms with Crippen molar-refractivity contribution in [1.82, 2.24) is 10.3 Å². The number of carbonyl (C=O) groups excluding carboxylic acids is 1. The molecule has 3 N–H and O–H groups in total. The van der Waals surface area contributed by atoms with Crippen molar-refractivity contribution in [3.05, 3.63) is 77.7 Å². The number of alkyl halides is 3. The van der Waals surface area contributed by atoms with Gasteiger partial charge in [-0.15, -0.1) is 13.2 Å². The number of hydrogen-bond acceptors (Lipinski definition) is 5. The third-order valence-electron chi connectivity index (χ3n) is 3.80. The number of anilines is 1. The molecule has 10 heteroatoms. The molecular formula is C20H15F4N3O3. The fraction of sp³-hybridized carbons (Fsp3) is 0.100. The van der Waals surface area contributed by atoms with E-state index in [1.165, 1.54) is 24.4 Å². The van der Waals surface area contributed by atoms with Gasteiger partial charge in [-0.1, -0.05) is 12.1 Å². The van der Waals surface area contributed by atoms with Gasteiger partial charge in [-0.25, -0.2) is 9.37 Å². The summed E-state index contributed by atoms with van der Waals surface area (Å²) in [5.74, 6) is -2.11. The van der Waals surface area contributed by atoms with Crippen LogP contribution in [0, 0.1) is 5.82 Å². The van der Waals surface area contributed by atoms with E-state index < -0.39 is 29.6 Å². The SMILES string of the molecule is Nc1ncccc1C(=O)NCc1cccc(Oc2cc(OC(F)(F)F)ccc2F)c1. The molecule has 3 rings (SSSR count). The second-order valence-electron chi connectivity index (χ2n) is 6.01. The molecule has 1 amide bonds. The van der Waals surface area contributed by atoms with Crippen molar-refractivity contribution in [2.45, 2.75) is 12.9 Å². The van der Waals surface area contributed by atoms with Crippen LogP contribution in [0.1, 0.15) is 15.9 Å². The summed E-state index contributed by atoms with van der Waals surface area (Å²) in [5, 5.41) is 2.66. The molecule has 0 fully saturated rings. The summed E-state index contributed by atoms with van der Waals surface area (Å²) in [6, 6.07) is 11.8. The molecule has 0 spiro atoms. The number of amides is 1. The first-order chi connectivity index (χ1) is 14.2. The van der Waals surface area contributed by atoms with Crippen molar-refractivity contribution >= 4 is 11.7 Å². The topological polar surface area (TPSA) is 86.5 Å². The van der Waals surface area contributed by atoms with Gasteiger partial charge < -0.3 is 20.5 Å². The van der Waals surface area contributed by atoms with Crippen molar-refractivity contribution in [1.29, 1.82) is 0 Å². The Bertz CT molecular complexity index is 1060. The molecule has 0 bridgehead atoms. The molecule has 0 saturated heterocycles. The number of nitrogens with two attached hydrogens (primary N) is 1. The minimum absolute atomic E-state index is 0.0866. The van der Waals surface area contributed by atoms with Crippen LogP contribution in [-0.2, 0) is 6.54 Å². The molecule has 156 valence electrons. The van der Waals surface area contributed by atoms with Crippen LogP contribution in [0.5, 0.6) is 17.2 Å². The maximum atomic E-state index is 13.9. The fourth-order valence-corrected chi connectivity index (χ4v) is 2.49. The monoisotopic (exact) mass is 421 g/mol. The third-order valence-corrected chi connectivity index (χ3v) is 3.80. The van der Waals surface area contributed by atoms with E-state index in [2.05, 4.69) is 15.0 Å². The normalized spacial score (nSPS) is 11.1. The largest absolute Gasteiger partial charge is 0.573 e. The van der Waals surface area contributed by atoms with E-state index in [1.54, 1.807) is 18.2 Å². The molecule has 0 atom stereocenters. The Hall–Kier alpha value is -3.82. The highest BCUT2D eigenvalue weighted by Gasteiger charge is 2.31. The Balaban J connectivity index is 1.69. The van der Waals surface area contributed by atoms with Crippen molar-refractivity contribution in [2.75, 3.05) is 5.73 Å². The quantitative estimate of drug-likeness (QED) is 0.576. The molecule has 3 aromatic rings. The molecule has 0 aliphatic heterocycles. The fourth-order valence-electron chi connectivity index (χ4n) is 2.49. The second-order valence-corrected chi connectivity index (χ2v) is 6.01. The summed E-state index contributed by atoms with van der Waals surface area (Å²) in [7, 11) is 0. The number of nitrogen functional groups attached to an aromatic ring is 1. The van der Waals surface area contributed by atoms with Gasteiger partial charge in [0.05, 0.1) is 5.56 Å². The molecular weight excluding hydrogens is 406 g/mol. The zero-order valence-electron chi connectivity index (χ0n) is 15.2. The lowest BCUT2D eigenvalue weighted by molar-refractivity contribution is -0.274. The van der Waals surface area contributed by atoms with Gasteiger partial charge in [-0.3, -0.25) is 4.79 Å². The van der Waals surface area contributed by atoms with Gasteiger partial charge in [0, 0.05) is 18.8 Å². The number of hydrogen-bond donors (Lipinski definition) is 2. The number of pyridine rings is 1. The molecule has 6 nitrogen and oxygen atoms in total. The van der Waals surface area contributed by atoms with Gasteiger partial charge in [0.2, 0.25) is 0 Å². The van der Waals surface area contributed by atoms with Crippen LogP contribution in [0.3, 0.4) is 0 Å². The zero-order chi connectivity index (χ0) is 21.7. The standard InChI is InChI=1S/C20H15F4N3O3/c21-16-7-6-14(30-20(22,23)24)10-17(16)29-13-4-1-3-12(9-13)11-27-19(28)15-5-2-8-26-18(15)25/h1-10H,11H2,(H2,25,26)(H,27,28). The Morgan fingerprint density at radius 1 is 1.07 bits per heavy atom. The number of ether oxygens (including phenoxy) is 2. The lowest BCUT2D eigenvalue weighted by atomic mass is 10.2. The molecule has 0 unspecified atom stereocenters. The van der Waals surface area contributed by atoms with Crippen LogP contribution in [-0.4, -0.2) is 17.3 Å². The summed E-state index contributed by atoms with van der Waals surface area (Å²) in [6.45, 7) is 0.101. The molecule has 0 aliphatic rings. The maximum absolute atomic E-state index is 13.9. The molecule has 0 radical (unpaired) electrons. The third kappa shape index (κ3) is 5.60. The smallest absolute Gasteiger partial charge is 0.454 e. The Kier molecular flexibility index (Phi) is 6.05. The van der Waals surface area contributed by atoms with Crippen molar-refractivity contribution in [2.24, 2.45) is 0 Å². The lowest BCUT2D eigenvalue weighted by Gasteiger charge is -2.12. The minimum Gasteiger partial charge on any atom is -0.454 e. The number of benzene rings is 2. The number of halogens is 4. The average Bonchev–Trinajstić information content (AvgIpc) is 2.68. The number of aromatic nitrogens is 1. The summed E-state index contributed by atoms with van der Waals surface area (Å²) in [4.78, 5) is 16.0. The van der Waals surface area contributed by atoms with Gasteiger partial charge in [-0.2, -0.15) is 0 Å². The molecule has 30 heavy (non-hydrogen) atoms. The molecule has 1 aromatic heterocycles. The van der Waals surface area contributed by atoms with Crippen LogP contribution in [0.15, 0.2) is 60.8 Å². The number of nitrogens with zero attached hydrogens (tertiary/aromatic N) is 1. The van der Waals surface area contributed by atoms with Gasteiger partial charge in [0.1, 0.15) is 17.3 Å². The van der Waals surface area contributed by atoms with E-state index in [0.29, 0.717) is 5.56 Å². The Morgan fingerprint density at radius 2 is 1.87 bits per heavy atom. The molecule has 0 saturated carbocycles. The highest BCUT2D eigenvalue weighted by Crippen LogP contribution is 2.31. The van der Waals surface area contributed by atoms with E-state index in [0.717, 1.165) is 18.2 Å². The van der Waals surface area contributed by atoms with Crippen LogP contribution in [0.2, 0.25) is 0 Å². The van der Waals surface area contributed by atoms with Gasteiger partial charge in [-0.05, 0) is 42.0 Å². The molecule has 2 aromatic carbocycles. The summed E-state index contributed by atoms with van der Waals surface area (Å²) < 4.78 is 60.1. The predicted molar refractivity (Wildman–Crippen MR) is 99.4 cm³/mol. The Labute approximate surface area is 168 Å². The summed E-state index contributed by atoms with van der Waals surface area (Å²) >= 11 is 0. The van der Waals surface area contributed by atoms with E-state index in [4.69, 9.17) is 10.5 Å². The first-order valence-corrected chi connectivity index (χ1v) is 8.52. The molecule has 1 heterocycles. The van der Waals surface area contributed by atoms with Crippen LogP contribution < -0.4 is 20.5 Å². The number of carbonyl (C=O) groups is 1. The average molecular weight is 421 g/mol. The lowest BCUT2D eigenvalue weighted by Crippen LogP contribution is -2.24. The van der Waals surface area contributed by atoms with Gasteiger partial charge >= 0.3 is 6.36 Å². The summed E-state index contributed by atoms with van der Waals surface area (Å²) in [6.07, 6.45) is -3.45. The van der Waals surface area contributed by atoms with E-state index in [1.807, 2.05) is 0 Å². The van der Waals surface area contributed by atoms with E-state index >= 15 is 0 Å². The van der Waals surface area contributed by atoms with Gasteiger partial charge in [0.15, 0.2) is 11.6 Å². The van der Waals surface area contributed by atoms with Crippen molar-refractivity contribution in [3.8, 4) is 17.2 Å². The number of rotatable bonds is 6. The maximum Gasteiger partial charge on any atom is 0.573 e. The van der Waals surface area contributed by atoms with Crippen molar-refractivity contribution < 1.29 is 31.8 Å². The first-order valence-electron chi connectivity index (χ1n) is 8.52. The van der Waals surface area contributed by atoms with E-state index in [9.17, 15) is 22.4 Å². The Morgan fingerprint density at radius 3 is 2.60 bits per heavy atom. The second kappa shape index (κ2) is 8.68. The van der Waals surface area contributed by atoms with Crippen molar-refractivity contribution in [3.63, 3.8) is 0 Å².